The Balaban J connectivity index is 1.75. The Bertz CT molecular complexity index is 925. The SMILES string of the molecule is CC(C)c1ccccc1OCC(=O)N(Cc1ccccc1F)C(C)C(=O)NC1CCCC1. The van der Waals surface area contributed by atoms with E-state index in [4.69, 9.17) is 4.74 Å². The summed E-state index contributed by atoms with van der Waals surface area (Å²) < 4.78 is 20.2. The molecule has 1 saturated carbocycles. The van der Waals surface area contributed by atoms with Gasteiger partial charge in [0.25, 0.3) is 5.91 Å². The number of carbonyl (C=O) groups excluding carboxylic acids is 2. The van der Waals surface area contributed by atoms with Crippen LogP contribution in [0.1, 0.15) is 63.5 Å². The molecular formula is C26H33FN2O3. The van der Waals surface area contributed by atoms with E-state index in [2.05, 4.69) is 19.2 Å². The number of nitrogens with one attached hydrogen (secondary N) is 1. The second kappa shape index (κ2) is 11.1. The van der Waals surface area contributed by atoms with Crippen LogP contribution >= 0.6 is 0 Å². The predicted octanol–water partition coefficient (Wildman–Crippen LogP) is 4.80. The maximum absolute atomic E-state index is 14.3. The van der Waals surface area contributed by atoms with Crippen LogP contribution in [0.2, 0.25) is 0 Å². The van der Waals surface area contributed by atoms with Gasteiger partial charge in [0.05, 0.1) is 0 Å². The largest absolute Gasteiger partial charge is 0.483 e. The lowest BCUT2D eigenvalue weighted by Gasteiger charge is -2.30. The average molecular weight is 441 g/mol. The van der Waals surface area contributed by atoms with Gasteiger partial charge in [-0.05, 0) is 43.4 Å². The standard InChI is InChI=1S/C26H33FN2O3/c1-18(2)22-13-7-9-15-24(22)32-17-25(30)29(16-20-10-4-8-14-23(20)27)19(3)26(31)28-21-11-5-6-12-21/h4,7-10,13-15,18-19,21H,5-6,11-12,16-17H2,1-3H3,(H,28,31). The van der Waals surface area contributed by atoms with Gasteiger partial charge in [-0.25, -0.2) is 4.39 Å². The van der Waals surface area contributed by atoms with Crippen molar-refractivity contribution in [1.82, 2.24) is 10.2 Å². The van der Waals surface area contributed by atoms with Crippen molar-refractivity contribution in [2.24, 2.45) is 0 Å². The third-order valence-electron chi connectivity index (χ3n) is 6.06. The molecule has 5 nitrogen and oxygen atoms in total. The van der Waals surface area contributed by atoms with Crippen LogP contribution in [0.15, 0.2) is 48.5 Å². The summed E-state index contributed by atoms with van der Waals surface area (Å²) in [5.74, 6) is -0.0958. The van der Waals surface area contributed by atoms with Crippen LogP contribution in [-0.4, -0.2) is 35.4 Å². The van der Waals surface area contributed by atoms with Crippen LogP contribution in [0, 0.1) is 5.82 Å². The average Bonchev–Trinajstić information content (AvgIpc) is 3.29. The molecule has 0 radical (unpaired) electrons. The third-order valence-corrected chi connectivity index (χ3v) is 6.06. The molecule has 1 N–H and O–H groups in total. The minimum Gasteiger partial charge on any atom is -0.483 e. The maximum atomic E-state index is 14.3. The summed E-state index contributed by atoms with van der Waals surface area (Å²) in [6.07, 6.45) is 4.10. The molecule has 1 aliphatic rings. The molecule has 1 unspecified atom stereocenters. The van der Waals surface area contributed by atoms with E-state index in [-0.39, 0.29) is 36.9 Å². The summed E-state index contributed by atoms with van der Waals surface area (Å²) >= 11 is 0. The van der Waals surface area contributed by atoms with E-state index in [0.717, 1.165) is 31.2 Å². The number of amides is 2. The first-order chi connectivity index (χ1) is 15.4. The molecule has 2 aromatic carbocycles. The van der Waals surface area contributed by atoms with Crippen molar-refractivity contribution in [3.63, 3.8) is 0 Å². The highest BCUT2D eigenvalue weighted by atomic mass is 19.1. The van der Waals surface area contributed by atoms with E-state index in [9.17, 15) is 14.0 Å². The molecule has 0 heterocycles. The Hall–Kier alpha value is -2.89. The van der Waals surface area contributed by atoms with Crippen molar-refractivity contribution in [2.75, 3.05) is 6.61 Å². The van der Waals surface area contributed by atoms with Crippen LogP contribution in [0.3, 0.4) is 0 Å². The van der Waals surface area contributed by atoms with Crippen LogP contribution in [0.25, 0.3) is 0 Å². The van der Waals surface area contributed by atoms with Crippen LogP contribution in [0.4, 0.5) is 4.39 Å². The molecule has 1 fully saturated rings. The van der Waals surface area contributed by atoms with Crippen LogP contribution in [0.5, 0.6) is 5.75 Å². The van der Waals surface area contributed by atoms with Gasteiger partial charge in [-0.2, -0.15) is 0 Å². The monoisotopic (exact) mass is 440 g/mol. The van der Waals surface area contributed by atoms with Crippen molar-refractivity contribution in [2.45, 2.75) is 71.0 Å². The summed E-state index contributed by atoms with van der Waals surface area (Å²) in [6.45, 7) is 5.58. The van der Waals surface area contributed by atoms with Gasteiger partial charge >= 0.3 is 0 Å². The predicted molar refractivity (Wildman–Crippen MR) is 123 cm³/mol. The zero-order valence-electron chi connectivity index (χ0n) is 19.1. The first kappa shape index (κ1) is 23.8. The van der Waals surface area contributed by atoms with E-state index in [1.54, 1.807) is 25.1 Å². The molecule has 3 rings (SSSR count). The quantitative estimate of drug-likeness (QED) is 0.609. The minimum atomic E-state index is -0.744. The topological polar surface area (TPSA) is 58.6 Å². The summed E-state index contributed by atoms with van der Waals surface area (Å²) in [7, 11) is 0. The Morgan fingerprint density at radius 1 is 1.06 bits per heavy atom. The molecule has 6 heteroatoms. The zero-order valence-corrected chi connectivity index (χ0v) is 19.1. The Morgan fingerprint density at radius 2 is 1.72 bits per heavy atom. The number of rotatable bonds is 9. The van der Waals surface area contributed by atoms with E-state index in [1.807, 2.05) is 24.3 Å². The van der Waals surface area contributed by atoms with E-state index < -0.39 is 11.9 Å². The third kappa shape index (κ3) is 6.09. The molecule has 1 aliphatic carbocycles. The number of hydrogen-bond acceptors (Lipinski definition) is 3. The Kier molecular flexibility index (Phi) is 8.26. The van der Waals surface area contributed by atoms with Gasteiger partial charge in [-0.1, -0.05) is 63.1 Å². The van der Waals surface area contributed by atoms with Gasteiger partial charge in [0.15, 0.2) is 6.61 Å². The van der Waals surface area contributed by atoms with Crippen LogP contribution < -0.4 is 10.1 Å². The lowest BCUT2D eigenvalue weighted by atomic mass is 10.0. The van der Waals surface area contributed by atoms with Crippen molar-refractivity contribution in [1.29, 1.82) is 0 Å². The molecular weight excluding hydrogens is 407 g/mol. The molecule has 1 atom stereocenters. The van der Waals surface area contributed by atoms with Gasteiger partial charge in [-0.15, -0.1) is 0 Å². The highest BCUT2D eigenvalue weighted by Gasteiger charge is 2.29. The first-order valence-corrected chi connectivity index (χ1v) is 11.4. The molecule has 2 aromatic rings. The fourth-order valence-electron chi connectivity index (χ4n) is 4.10. The summed E-state index contributed by atoms with van der Waals surface area (Å²) in [6, 6.07) is 13.3. The summed E-state index contributed by atoms with van der Waals surface area (Å²) in [5.41, 5.74) is 1.37. The lowest BCUT2D eigenvalue weighted by molar-refractivity contribution is -0.142. The number of ether oxygens (including phenoxy) is 1. The van der Waals surface area contributed by atoms with Gasteiger partial charge in [0, 0.05) is 18.2 Å². The van der Waals surface area contributed by atoms with Gasteiger partial charge in [-0.3, -0.25) is 9.59 Å². The number of nitrogens with zero attached hydrogens (tertiary/aromatic N) is 1. The van der Waals surface area contributed by atoms with Crippen molar-refractivity contribution >= 4 is 11.8 Å². The molecule has 0 aromatic heterocycles. The highest BCUT2D eigenvalue weighted by molar-refractivity contribution is 5.88. The molecule has 32 heavy (non-hydrogen) atoms. The summed E-state index contributed by atoms with van der Waals surface area (Å²) in [5, 5.41) is 3.04. The smallest absolute Gasteiger partial charge is 0.261 e. The zero-order chi connectivity index (χ0) is 23.1. The molecule has 0 aliphatic heterocycles. The Labute approximate surface area is 190 Å². The minimum absolute atomic E-state index is 0.0000522. The fraction of sp³-hybridized carbons (Fsp3) is 0.462. The number of halogens is 1. The lowest BCUT2D eigenvalue weighted by Crippen LogP contribution is -2.50. The van der Waals surface area contributed by atoms with Crippen LogP contribution in [-0.2, 0) is 16.1 Å². The molecule has 0 saturated heterocycles. The molecule has 172 valence electrons. The number of benzene rings is 2. The molecule has 0 spiro atoms. The number of hydrogen-bond donors (Lipinski definition) is 1. The highest BCUT2D eigenvalue weighted by Crippen LogP contribution is 2.26. The van der Waals surface area contributed by atoms with Crippen molar-refractivity contribution in [3.8, 4) is 5.75 Å². The van der Waals surface area contributed by atoms with Gasteiger partial charge in [0.1, 0.15) is 17.6 Å². The van der Waals surface area contributed by atoms with Gasteiger partial charge < -0.3 is 15.0 Å². The van der Waals surface area contributed by atoms with Crippen molar-refractivity contribution in [3.05, 3.63) is 65.5 Å². The normalized spacial score (nSPS) is 14.9. The fourth-order valence-corrected chi connectivity index (χ4v) is 4.10. The van der Waals surface area contributed by atoms with Crippen molar-refractivity contribution < 1.29 is 18.7 Å². The first-order valence-electron chi connectivity index (χ1n) is 11.4. The van der Waals surface area contributed by atoms with E-state index in [1.165, 1.54) is 11.0 Å². The maximum Gasteiger partial charge on any atom is 0.261 e. The summed E-state index contributed by atoms with van der Waals surface area (Å²) in [4.78, 5) is 27.5. The number of carbonyl (C=O) groups is 2. The number of para-hydroxylation sites is 1. The van der Waals surface area contributed by atoms with E-state index in [0.29, 0.717) is 11.3 Å². The Morgan fingerprint density at radius 3 is 2.41 bits per heavy atom. The second-order valence-corrected chi connectivity index (χ2v) is 8.76. The molecule has 0 bridgehead atoms. The van der Waals surface area contributed by atoms with E-state index >= 15 is 0 Å². The molecule has 2 amide bonds. The van der Waals surface area contributed by atoms with Gasteiger partial charge in [0.2, 0.25) is 5.91 Å². The second-order valence-electron chi connectivity index (χ2n) is 8.76.